The summed E-state index contributed by atoms with van der Waals surface area (Å²) in [6.45, 7) is 0. The first-order chi connectivity index (χ1) is 5.02. The molecule has 0 aliphatic carbocycles. The summed E-state index contributed by atoms with van der Waals surface area (Å²) in [5, 5.41) is 17.5. The van der Waals surface area contributed by atoms with Crippen LogP contribution in [0.2, 0.25) is 0 Å². The summed E-state index contributed by atoms with van der Waals surface area (Å²) in [4.78, 5) is 19.8. The first-order valence-electron chi connectivity index (χ1n) is 2.51. The van der Waals surface area contributed by atoms with Crippen molar-refractivity contribution in [1.82, 2.24) is 0 Å². The quantitative estimate of drug-likeness (QED) is 0.275. The van der Waals surface area contributed by atoms with Crippen molar-refractivity contribution in [1.29, 1.82) is 0 Å². The molecule has 0 aromatic rings. The first-order valence-corrected chi connectivity index (χ1v) is 2.89. The molecular weight excluding hydrogens is 172 g/mol. The van der Waals surface area contributed by atoms with Gasteiger partial charge in [0, 0.05) is 6.08 Å². The molecule has 1 N–H and O–H groups in total. The van der Waals surface area contributed by atoms with Crippen LogP contribution in [0.25, 0.3) is 0 Å². The average Bonchev–Trinajstić information content (AvgIpc) is 1.82. The number of hydrogen-bond donors (Lipinski definition) is 1. The SMILES string of the molecule is O=C(O)C=CC([O-])=CC(=O)Cl. The Kier molecular flexibility index (Phi) is 3.98. The molecule has 4 nitrogen and oxygen atoms in total. The van der Waals surface area contributed by atoms with Crippen molar-refractivity contribution >= 4 is 22.8 Å². The zero-order chi connectivity index (χ0) is 8.85. The first kappa shape index (κ1) is 9.71. The molecule has 0 heterocycles. The van der Waals surface area contributed by atoms with Gasteiger partial charge in [0.2, 0.25) is 5.24 Å². The number of aliphatic carboxylic acids is 1. The number of rotatable bonds is 3. The van der Waals surface area contributed by atoms with Gasteiger partial charge in [0.1, 0.15) is 0 Å². The highest BCUT2D eigenvalue weighted by atomic mass is 35.5. The van der Waals surface area contributed by atoms with Crippen molar-refractivity contribution in [3.05, 3.63) is 24.0 Å². The molecule has 0 aliphatic heterocycles. The van der Waals surface area contributed by atoms with Crippen molar-refractivity contribution in [2.75, 3.05) is 0 Å². The second kappa shape index (κ2) is 4.51. The zero-order valence-electron chi connectivity index (χ0n) is 5.28. The van der Waals surface area contributed by atoms with Gasteiger partial charge in [0.25, 0.3) is 0 Å². The van der Waals surface area contributed by atoms with E-state index in [-0.39, 0.29) is 0 Å². The van der Waals surface area contributed by atoms with Crippen LogP contribution in [0.4, 0.5) is 0 Å². The Morgan fingerprint density at radius 1 is 1.36 bits per heavy atom. The fourth-order valence-corrected chi connectivity index (χ4v) is 0.421. The van der Waals surface area contributed by atoms with Crippen LogP contribution in [0.3, 0.4) is 0 Å². The third-order valence-corrected chi connectivity index (χ3v) is 0.755. The molecule has 0 unspecified atom stereocenters. The van der Waals surface area contributed by atoms with Gasteiger partial charge in [-0.05, 0) is 17.7 Å². The second-order valence-electron chi connectivity index (χ2n) is 1.52. The summed E-state index contributed by atoms with van der Waals surface area (Å²) < 4.78 is 0. The lowest BCUT2D eigenvalue weighted by molar-refractivity contribution is -0.295. The van der Waals surface area contributed by atoms with Gasteiger partial charge in [-0.1, -0.05) is 6.08 Å². The summed E-state index contributed by atoms with van der Waals surface area (Å²) >= 11 is 4.79. The monoisotopic (exact) mass is 175 g/mol. The minimum Gasteiger partial charge on any atom is -0.872 e. The number of hydrogen-bond acceptors (Lipinski definition) is 3. The van der Waals surface area contributed by atoms with Crippen LogP contribution in [-0.2, 0) is 9.59 Å². The number of carboxylic acids is 1. The number of allylic oxidation sites excluding steroid dienone is 2. The van der Waals surface area contributed by atoms with Crippen LogP contribution in [0.1, 0.15) is 0 Å². The number of halogens is 1. The van der Waals surface area contributed by atoms with Gasteiger partial charge in [0.15, 0.2) is 0 Å². The average molecular weight is 176 g/mol. The Hall–Kier alpha value is -1.29. The Labute approximate surface area is 67.4 Å². The van der Waals surface area contributed by atoms with E-state index in [0.29, 0.717) is 12.2 Å². The van der Waals surface area contributed by atoms with Crippen LogP contribution >= 0.6 is 11.6 Å². The van der Waals surface area contributed by atoms with E-state index in [1.165, 1.54) is 0 Å². The molecule has 0 radical (unpaired) electrons. The highest BCUT2D eigenvalue weighted by molar-refractivity contribution is 6.66. The van der Waals surface area contributed by atoms with E-state index < -0.39 is 17.0 Å². The Bertz CT molecular complexity index is 229. The molecule has 0 bridgehead atoms. The molecule has 0 aromatic heterocycles. The van der Waals surface area contributed by atoms with Gasteiger partial charge in [0.05, 0.1) is 0 Å². The summed E-state index contributed by atoms with van der Waals surface area (Å²) in [6, 6.07) is 0. The highest BCUT2D eigenvalue weighted by Crippen LogP contribution is 1.89. The summed E-state index contributed by atoms with van der Waals surface area (Å²) in [7, 11) is 0. The van der Waals surface area contributed by atoms with Crippen LogP contribution in [-0.4, -0.2) is 16.3 Å². The topological polar surface area (TPSA) is 77.4 Å². The predicted octanol–water partition coefficient (Wildman–Crippen LogP) is -0.363. The Morgan fingerprint density at radius 2 is 1.91 bits per heavy atom. The molecule has 0 amide bonds. The molecule has 0 aromatic carbocycles. The maximum atomic E-state index is 10.4. The molecule has 0 aliphatic rings. The van der Waals surface area contributed by atoms with Gasteiger partial charge in [-0.25, -0.2) is 4.79 Å². The molecule has 0 saturated carbocycles. The van der Waals surface area contributed by atoms with Gasteiger partial charge in [-0.15, -0.1) is 5.76 Å². The third-order valence-electron chi connectivity index (χ3n) is 0.646. The van der Waals surface area contributed by atoms with E-state index in [4.69, 9.17) is 16.7 Å². The summed E-state index contributed by atoms with van der Waals surface area (Å²) in [5.74, 6) is -2.00. The third kappa shape index (κ3) is 6.60. The van der Waals surface area contributed by atoms with Crippen molar-refractivity contribution in [3.8, 4) is 0 Å². The van der Waals surface area contributed by atoms with Crippen molar-refractivity contribution in [3.63, 3.8) is 0 Å². The standard InChI is InChI=1S/C6H5ClO4/c7-5(9)3-4(8)1-2-6(10)11/h1-3,8H,(H,10,11)/p-1. The van der Waals surface area contributed by atoms with E-state index in [0.717, 1.165) is 6.08 Å². The maximum absolute atomic E-state index is 10.4. The fraction of sp³-hybridized carbons (Fsp3) is 0. The fourth-order valence-electron chi connectivity index (χ4n) is 0.313. The van der Waals surface area contributed by atoms with E-state index in [2.05, 4.69) is 0 Å². The molecular formula is C6H4ClO4-. The number of carboxylic acid groups (broad SMARTS) is 1. The summed E-state index contributed by atoms with van der Waals surface area (Å²) in [5.41, 5.74) is 0. The zero-order valence-corrected chi connectivity index (χ0v) is 6.04. The van der Waals surface area contributed by atoms with E-state index in [1.807, 2.05) is 0 Å². The Morgan fingerprint density at radius 3 is 2.27 bits per heavy atom. The van der Waals surface area contributed by atoms with E-state index in [1.54, 1.807) is 0 Å². The number of carbonyl (C=O) groups excluding carboxylic acids is 1. The molecule has 0 spiro atoms. The highest BCUT2D eigenvalue weighted by Gasteiger charge is 1.86. The minimum absolute atomic E-state index is 0.584. The van der Waals surface area contributed by atoms with Crippen LogP contribution in [0.15, 0.2) is 24.0 Å². The van der Waals surface area contributed by atoms with E-state index in [9.17, 15) is 14.7 Å². The predicted molar refractivity (Wildman–Crippen MR) is 35.7 cm³/mol. The molecule has 0 saturated heterocycles. The normalized spacial score (nSPS) is 11.9. The molecule has 11 heavy (non-hydrogen) atoms. The molecule has 0 rings (SSSR count). The van der Waals surface area contributed by atoms with Crippen LogP contribution in [0, 0.1) is 0 Å². The van der Waals surface area contributed by atoms with Gasteiger partial charge >= 0.3 is 5.97 Å². The van der Waals surface area contributed by atoms with Crippen LogP contribution in [0.5, 0.6) is 0 Å². The molecule has 5 heteroatoms. The molecule has 60 valence electrons. The molecule has 0 atom stereocenters. The van der Waals surface area contributed by atoms with Crippen molar-refractivity contribution in [2.45, 2.75) is 0 Å². The van der Waals surface area contributed by atoms with Gasteiger partial charge < -0.3 is 10.2 Å². The lowest BCUT2D eigenvalue weighted by atomic mass is 10.4. The van der Waals surface area contributed by atoms with Gasteiger partial charge in [-0.2, -0.15) is 0 Å². The lowest BCUT2D eigenvalue weighted by Crippen LogP contribution is -2.02. The van der Waals surface area contributed by atoms with Crippen molar-refractivity contribution < 1.29 is 19.8 Å². The smallest absolute Gasteiger partial charge is 0.328 e. The summed E-state index contributed by atoms with van der Waals surface area (Å²) in [6.07, 6.45) is 1.95. The largest absolute Gasteiger partial charge is 0.872 e. The maximum Gasteiger partial charge on any atom is 0.328 e. The van der Waals surface area contributed by atoms with Gasteiger partial charge in [-0.3, -0.25) is 4.79 Å². The number of carbonyl (C=O) groups is 2. The molecule has 0 fully saturated rings. The van der Waals surface area contributed by atoms with E-state index >= 15 is 0 Å². The van der Waals surface area contributed by atoms with Crippen LogP contribution < -0.4 is 5.11 Å². The second-order valence-corrected chi connectivity index (χ2v) is 1.89. The lowest BCUT2D eigenvalue weighted by Gasteiger charge is -2.01. The Balaban J connectivity index is 4.17. The van der Waals surface area contributed by atoms with Crippen molar-refractivity contribution in [2.24, 2.45) is 0 Å². The minimum atomic E-state index is -1.26.